The van der Waals surface area contributed by atoms with Crippen LogP contribution >= 0.6 is 0 Å². The van der Waals surface area contributed by atoms with E-state index in [1.165, 1.54) is 17.8 Å². The van der Waals surface area contributed by atoms with Crippen LogP contribution in [0.4, 0.5) is 0 Å². The Balaban J connectivity index is 1.94. The summed E-state index contributed by atoms with van der Waals surface area (Å²) in [5.74, 6) is -0.500. The standard InChI is InChI=1S/C20H18N4O3/c1-12-17(20(26)27-3)18-21-11-15-16(24(18)22-12)9-10-23(19(15)25)13(2)14-7-5-4-6-8-14/h4-11,13H,1-3H3. The Bertz CT molecular complexity index is 1220. The van der Waals surface area contributed by atoms with Crippen LogP contribution in [-0.2, 0) is 4.74 Å². The zero-order chi connectivity index (χ0) is 19.1. The molecule has 0 fully saturated rings. The van der Waals surface area contributed by atoms with Crippen LogP contribution in [-0.4, -0.2) is 32.2 Å². The van der Waals surface area contributed by atoms with E-state index in [1.54, 1.807) is 17.7 Å². The topological polar surface area (TPSA) is 78.5 Å². The normalized spacial score (nSPS) is 12.4. The Kier molecular flexibility index (Phi) is 3.99. The fourth-order valence-electron chi connectivity index (χ4n) is 3.33. The van der Waals surface area contributed by atoms with Crippen LogP contribution in [0.5, 0.6) is 0 Å². The SMILES string of the molecule is COC(=O)c1c(C)nn2c1ncc1c(=O)n(C(C)c3ccccc3)ccc12. The van der Waals surface area contributed by atoms with Gasteiger partial charge in [0.2, 0.25) is 0 Å². The van der Waals surface area contributed by atoms with Crippen molar-refractivity contribution in [2.45, 2.75) is 19.9 Å². The van der Waals surface area contributed by atoms with Crippen LogP contribution in [0.2, 0.25) is 0 Å². The predicted molar refractivity (Wildman–Crippen MR) is 101 cm³/mol. The van der Waals surface area contributed by atoms with Crippen molar-refractivity contribution in [2.24, 2.45) is 0 Å². The maximum Gasteiger partial charge on any atom is 0.343 e. The summed E-state index contributed by atoms with van der Waals surface area (Å²) < 4.78 is 8.01. The number of ether oxygens (including phenoxy) is 1. The van der Waals surface area contributed by atoms with Gasteiger partial charge in [-0.05, 0) is 25.5 Å². The largest absolute Gasteiger partial charge is 0.465 e. The molecule has 0 saturated heterocycles. The van der Waals surface area contributed by atoms with E-state index in [2.05, 4.69) is 10.1 Å². The highest BCUT2D eigenvalue weighted by molar-refractivity contribution is 5.98. The number of esters is 1. The molecule has 0 amide bonds. The van der Waals surface area contributed by atoms with Gasteiger partial charge in [-0.15, -0.1) is 0 Å². The van der Waals surface area contributed by atoms with Gasteiger partial charge in [0.1, 0.15) is 5.56 Å². The van der Waals surface area contributed by atoms with Gasteiger partial charge in [0.05, 0.1) is 29.7 Å². The second-order valence-electron chi connectivity index (χ2n) is 6.36. The Hall–Kier alpha value is -3.48. The predicted octanol–water partition coefficient (Wildman–Crippen LogP) is 2.75. The molecule has 7 nitrogen and oxygen atoms in total. The Morgan fingerprint density at radius 2 is 1.93 bits per heavy atom. The van der Waals surface area contributed by atoms with Crippen molar-refractivity contribution in [3.05, 3.63) is 76.0 Å². The van der Waals surface area contributed by atoms with E-state index in [9.17, 15) is 9.59 Å². The van der Waals surface area contributed by atoms with E-state index >= 15 is 0 Å². The maximum atomic E-state index is 13.1. The van der Waals surface area contributed by atoms with E-state index in [-0.39, 0.29) is 11.6 Å². The summed E-state index contributed by atoms with van der Waals surface area (Å²) >= 11 is 0. The number of aromatic nitrogens is 4. The first kappa shape index (κ1) is 17.0. The van der Waals surface area contributed by atoms with Gasteiger partial charge < -0.3 is 9.30 Å². The van der Waals surface area contributed by atoms with Crippen LogP contribution in [0, 0.1) is 6.92 Å². The zero-order valence-corrected chi connectivity index (χ0v) is 15.2. The number of rotatable bonds is 3. The number of carbonyl (C=O) groups is 1. The van der Waals surface area contributed by atoms with Crippen LogP contribution in [0.15, 0.2) is 53.6 Å². The smallest absolute Gasteiger partial charge is 0.343 e. The molecule has 1 unspecified atom stereocenters. The van der Waals surface area contributed by atoms with Crippen LogP contribution in [0.1, 0.15) is 34.6 Å². The number of hydrogen-bond acceptors (Lipinski definition) is 5. The minimum Gasteiger partial charge on any atom is -0.465 e. The maximum absolute atomic E-state index is 13.1. The number of methoxy groups -OCH3 is 1. The summed E-state index contributed by atoms with van der Waals surface area (Å²) in [6.07, 6.45) is 3.24. The number of benzene rings is 1. The molecule has 4 aromatic rings. The minimum atomic E-state index is -0.500. The van der Waals surface area contributed by atoms with Crippen LogP contribution in [0.3, 0.4) is 0 Å². The quantitative estimate of drug-likeness (QED) is 0.524. The summed E-state index contributed by atoms with van der Waals surface area (Å²) in [6, 6.07) is 11.5. The summed E-state index contributed by atoms with van der Waals surface area (Å²) in [4.78, 5) is 29.4. The van der Waals surface area contributed by atoms with Crippen molar-refractivity contribution in [2.75, 3.05) is 7.11 Å². The molecule has 0 aliphatic rings. The molecule has 4 rings (SSSR count). The van der Waals surface area contributed by atoms with Gasteiger partial charge in [-0.3, -0.25) is 4.79 Å². The monoisotopic (exact) mass is 362 g/mol. The Morgan fingerprint density at radius 1 is 1.19 bits per heavy atom. The summed E-state index contributed by atoms with van der Waals surface area (Å²) in [7, 11) is 1.32. The average Bonchev–Trinajstić information content (AvgIpc) is 3.04. The van der Waals surface area contributed by atoms with E-state index < -0.39 is 5.97 Å². The molecule has 3 aromatic heterocycles. The molecular weight excluding hydrogens is 344 g/mol. The van der Waals surface area contributed by atoms with Gasteiger partial charge in [0, 0.05) is 12.4 Å². The summed E-state index contributed by atoms with van der Waals surface area (Å²) in [6.45, 7) is 3.69. The lowest BCUT2D eigenvalue weighted by molar-refractivity contribution is 0.0602. The third-order valence-electron chi connectivity index (χ3n) is 4.80. The van der Waals surface area contributed by atoms with Crippen molar-refractivity contribution >= 4 is 22.5 Å². The van der Waals surface area contributed by atoms with E-state index in [0.29, 0.717) is 27.8 Å². The number of carbonyl (C=O) groups excluding carboxylic acids is 1. The van der Waals surface area contributed by atoms with Crippen molar-refractivity contribution in [3.63, 3.8) is 0 Å². The van der Waals surface area contributed by atoms with Gasteiger partial charge in [0.15, 0.2) is 5.65 Å². The van der Waals surface area contributed by atoms with E-state index in [1.807, 2.05) is 43.3 Å². The molecule has 0 spiro atoms. The van der Waals surface area contributed by atoms with E-state index in [4.69, 9.17) is 4.74 Å². The van der Waals surface area contributed by atoms with Crippen molar-refractivity contribution < 1.29 is 9.53 Å². The van der Waals surface area contributed by atoms with Gasteiger partial charge in [-0.25, -0.2) is 14.3 Å². The third-order valence-corrected chi connectivity index (χ3v) is 4.80. The number of nitrogens with zero attached hydrogens (tertiary/aromatic N) is 4. The van der Waals surface area contributed by atoms with Crippen LogP contribution < -0.4 is 5.56 Å². The molecule has 0 aliphatic carbocycles. The molecule has 1 aromatic carbocycles. The molecule has 7 heteroatoms. The summed E-state index contributed by atoms with van der Waals surface area (Å²) in [5, 5.41) is 4.83. The molecule has 0 N–H and O–H groups in total. The first-order chi connectivity index (χ1) is 13.0. The second-order valence-corrected chi connectivity index (χ2v) is 6.36. The van der Waals surface area contributed by atoms with Gasteiger partial charge in [-0.1, -0.05) is 30.3 Å². The molecule has 0 aliphatic heterocycles. The molecule has 0 radical (unpaired) electrons. The number of pyridine rings is 1. The summed E-state index contributed by atoms with van der Waals surface area (Å²) in [5.41, 5.74) is 2.66. The third kappa shape index (κ3) is 2.59. The fraction of sp³-hybridized carbons (Fsp3) is 0.200. The number of hydrogen-bond donors (Lipinski definition) is 0. The van der Waals surface area contributed by atoms with Crippen molar-refractivity contribution in [3.8, 4) is 0 Å². The lowest BCUT2D eigenvalue weighted by atomic mass is 10.1. The van der Waals surface area contributed by atoms with Gasteiger partial charge >= 0.3 is 5.97 Å². The molecule has 136 valence electrons. The molecule has 0 bridgehead atoms. The number of aryl methyl sites for hydroxylation is 1. The highest BCUT2D eigenvalue weighted by atomic mass is 16.5. The lowest BCUT2D eigenvalue weighted by Crippen LogP contribution is -2.24. The van der Waals surface area contributed by atoms with E-state index in [0.717, 1.165) is 5.56 Å². The molecule has 0 saturated carbocycles. The Labute approximate surface area is 154 Å². The van der Waals surface area contributed by atoms with Gasteiger partial charge in [0.25, 0.3) is 5.56 Å². The molecule has 3 heterocycles. The first-order valence-electron chi connectivity index (χ1n) is 8.55. The van der Waals surface area contributed by atoms with Crippen molar-refractivity contribution in [1.82, 2.24) is 19.2 Å². The average molecular weight is 362 g/mol. The fourth-order valence-corrected chi connectivity index (χ4v) is 3.33. The first-order valence-corrected chi connectivity index (χ1v) is 8.55. The number of fused-ring (bicyclic) bond motifs is 3. The van der Waals surface area contributed by atoms with Crippen molar-refractivity contribution in [1.29, 1.82) is 0 Å². The molecular formula is C20H18N4O3. The van der Waals surface area contributed by atoms with Crippen LogP contribution in [0.25, 0.3) is 16.6 Å². The highest BCUT2D eigenvalue weighted by Gasteiger charge is 2.21. The lowest BCUT2D eigenvalue weighted by Gasteiger charge is -2.16. The Morgan fingerprint density at radius 3 is 2.63 bits per heavy atom. The zero-order valence-electron chi connectivity index (χ0n) is 15.2. The minimum absolute atomic E-state index is 0.121. The molecule has 1 atom stereocenters. The highest BCUT2D eigenvalue weighted by Crippen LogP contribution is 2.21. The second kappa shape index (κ2) is 6.35. The molecule has 27 heavy (non-hydrogen) atoms. The van der Waals surface area contributed by atoms with Gasteiger partial charge in [-0.2, -0.15) is 5.10 Å².